The molecule has 0 saturated heterocycles. The van der Waals surface area contributed by atoms with Crippen LogP contribution in [0.15, 0.2) is 59.7 Å². The minimum absolute atomic E-state index is 0.0717. The molecule has 5 nitrogen and oxygen atoms in total. The fraction of sp³-hybridized carbons (Fsp3) is 0.211. The zero-order chi connectivity index (χ0) is 16.9. The third-order valence-electron chi connectivity index (χ3n) is 3.95. The maximum atomic E-state index is 13.0. The zero-order valence-electron chi connectivity index (χ0n) is 13.5. The number of nitrogens with zero attached hydrogens (tertiary/aromatic N) is 3. The van der Waals surface area contributed by atoms with Gasteiger partial charge in [0.1, 0.15) is 5.82 Å². The molecule has 2 aromatic heterocycles. The normalized spacial score (nSPS) is 10.8. The van der Waals surface area contributed by atoms with Gasteiger partial charge in [-0.3, -0.25) is 14.3 Å². The highest BCUT2D eigenvalue weighted by Crippen LogP contribution is 2.18. The Balaban J connectivity index is 2.19. The van der Waals surface area contributed by atoms with E-state index >= 15 is 0 Å². The minimum Gasteiger partial charge on any atom is -0.396 e. The monoisotopic (exact) mass is 321 g/mol. The lowest BCUT2D eigenvalue weighted by Crippen LogP contribution is -2.29. The molecule has 1 N–H and O–H groups in total. The van der Waals surface area contributed by atoms with Gasteiger partial charge in [0, 0.05) is 42.2 Å². The second kappa shape index (κ2) is 7.19. The average Bonchev–Trinajstić information content (AvgIpc) is 2.62. The third kappa shape index (κ3) is 3.26. The topological polar surface area (TPSA) is 68.0 Å². The molecule has 0 spiro atoms. The number of benzene rings is 1. The highest BCUT2D eigenvalue weighted by atomic mass is 16.3. The Morgan fingerprint density at radius 2 is 1.79 bits per heavy atom. The first kappa shape index (κ1) is 16.1. The standard InChI is InChI=1S/C19H19N3O2/c1-14-17(9-12-23)19(24)22(13-15-7-10-20-11-8-15)18(21-14)16-5-3-2-4-6-16/h2-8,10-11,23H,9,12-13H2,1H3. The molecule has 0 unspecified atom stereocenters. The van der Waals surface area contributed by atoms with Gasteiger partial charge < -0.3 is 5.11 Å². The Kier molecular flexibility index (Phi) is 4.82. The quantitative estimate of drug-likeness (QED) is 0.782. The molecule has 24 heavy (non-hydrogen) atoms. The Morgan fingerprint density at radius 1 is 1.08 bits per heavy atom. The van der Waals surface area contributed by atoms with E-state index in [9.17, 15) is 9.90 Å². The molecule has 3 rings (SSSR count). The first-order valence-electron chi connectivity index (χ1n) is 7.86. The van der Waals surface area contributed by atoms with Gasteiger partial charge in [-0.05, 0) is 24.6 Å². The molecule has 0 bridgehead atoms. The summed E-state index contributed by atoms with van der Waals surface area (Å²) in [5.41, 5.74) is 2.99. The first-order valence-corrected chi connectivity index (χ1v) is 7.86. The summed E-state index contributed by atoms with van der Waals surface area (Å²) in [7, 11) is 0. The van der Waals surface area contributed by atoms with Crippen LogP contribution >= 0.6 is 0 Å². The van der Waals surface area contributed by atoms with Gasteiger partial charge in [0.25, 0.3) is 5.56 Å². The largest absolute Gasteiger partial charge is 0.396 e. The molecule has 0 radical (unpaired) electrons. The predicted molar refractivity (Wildman–Crippen MR) is 92.8 cm³/mol. The molecular weight excluding hydrogens is 302 g/mol. The number of pyridine rings is 1. The van der Waals surface area contributed by atoms with E-state index in [1.165, 1.54) is 0 Å². The maximum Gasteiger partial charge on any atom is 0.257 e. The van der Waals surface area contributed by atoms with Crippen LogP contribution in [0.5, 0.6) is 0 Å². The van der Waals surface area contributed by atoms with E-state index in [4.69, 9.17) is 0 Å². The van der Waals surface area contributed by atoms with E-state index < -0.39 is 0 Å². The van der Waals surface area contributed by atoms with Crippen molar-refractivity contribution in [1.82, 2.24) is 14.5 Å². The van der Waals surface area contributed by atoms with E-state index in [2.05, 4.69) is 9.97 Å². The van der Waals surface area contributed by atoms with E-state index in [0.29, 0.717) is 30.0 Å². The second-order valence-corrected chi connectivity index (χ2v) is 5.59. The molecule has 0 aliphatic carbocycles. The molecule has 0 atom stereocenters. The third-order valence-corrected chi connectivity index (χ3v) is 3.95. The molecule has 5 heteroatoms. The smallest absolute Gasteiger partial charge is 0.257 e. The zero-order valence-corrected chi connectivity index (χ0v) is 13.5. The van der Waals surface area contributed by atoms with Gasteiger partial charge >= 0.3 is 0 Å². The number of rotatable bonds is 5. The molecule has 0 aliphatic rings. The van der Waals surface area contributed by atoms with Gasteiger partial charge in [0.15, 0.2) is 0 Å². The Bertz CT molecular complexity index is 874. The van der Waals surface area contributed by atoms with Crippen LogP contribution in [-0.4, -0.2) is 26.2 Å². The van der Waals surface area contributed by atoms with Crippen LogP contribution in [0.25, 0.3) is 11.4 Å². The van der Waals surface area contributed by atoms with Crippen molar-refractivity contribution >= 4 is 0 Å². The summed E-state index contributed by atoms with van der Waals surface area (Å²) >= 11 is 0. The Morgan fingerprint density at radius 3 is 2.46 bits per heavy atom. The Labute approximate surface area is 140 Å². The molecule has 3 aromatic rings. The van der Waals surface area contributed by atoms with Crippen LogP contribution in [0.4, 0.5) is 0 Å². The van der Waals surface area contributed by atoms with E-state index in [0.717, 1.165) is 11.1 Å². The number of hydrogen-bond acceptors (Lipinski definition) is 4. The minimum atomic E-state index is -0.104. The van der Waals surface area contributed by atoms with Crippen molar-refractivity contribution < 1.29 is 5.11 Å². The summed E-state index contributed by atoms with van der Waals surface area (Å²) in [4.78, 5) is 21.6. The highest BCUT2D eigenvalue weighted by molar-refractivity contribution is 5.56. The molecule has 2 heterocycles. The summed E-state index contributed by atoms with van der Waals surface area (Å²) in [6.07, 6.45) is 3.72. The van der Waals surface area contributed by atoms with Crippen LogP contribution < -0.4 is 5.56 Å². The summed E-state index contributed by atoms with van der Waals surface area (Å²) in [6.45, 7) is 2.16. The van der Waals surface area contributed by atoms with Gasteiger partial charge in [-0.1, -0.05) is 30.3 Å². The summed E-state index contributed by atoms with van der Waals surface area (Å²) in [5.74, 6) is 0.636. The van der Waals surface area contributed by atoms with Gasteiger partial charge in [0.2, 0.25) is 0 Å². The lowest BCUT2D eigenvalue weighted by atomic mass is 10.1. The molecule has 0 saturated carbocycles. The summed E-state index contributed by atoms with van der Waals surface area (Å²) < 4.78 is 1.67. The van der Waals surface area contributed by atoms with Crippen molar-refractivity contribution in [3.05, 3.63) is 82.0 Å². The molecule has 0 aliphatic heterocycles. The van der Waals surface area contributed by atoms with Gasteiger partial charge in [0.05, 0.1) is 6.54 Å². The van der Waals surface area contributed by atoms with Crippen LogP contribution in [0.2, 0.25) is 0 Å². The van der Waals surface area contributed by atoms with Crippen LogP contribution in [0.3, 0.4) is 0 Å². The predicted octanol–water partition coefficient (Wildman–Crippen LogP) is 2.20. The van der Waals surface area contributed by atoms with Crippen molar-refractivity contribution in [2.45, 2.75) is 19.9 Å². The van der Waals surface area contributed by atoms with Crippen LogP contribution in [-0.2, 0) is 13.0 Å². The number of hydrogen-bond donors (Lipinski definition) is 1. The fourth-order valence-corrected chi connectivity index (χ4v) is 2.73. The highest BCUT2D eigenvalue weighted by Gasteiger charge is 2.15. The van der Waals surface area contributed by atoms with Crippen LogP contribution in [0, 0.1) is 6.92 Å². The second-order valence-electron chi connectivity index (χ2n) is 5.59. The van der Waals surface area contributed by atoms with Crippen molar-refractivity contribution in [1.29, 1.82) is 0 Å². The van der Waals surface area contributed by atoms with E-state index in [1.807, 2.05) is 49.4 Å². The first-order chi connectivity index (χ1) is 11.7. The van der Waals surface area contributed by atoms with E-state index in [-0.39, 0.29) is 12.2 Å². The van der Waals surface area contributed by atoms with Crippen molar-refractivity contribution in [2.24, 2.45) is 0 Å². The molecule has 122 valence electrons. The Hall–Kier alpha value is -2.79. The fourth-order valence-electron chi connectivity index (χ4n) is 2.73. The molecule has 1 aromatic carbocycles. The average molecular weight is 321 g/mol. The molecule has 0 fully saturated rings. The SMILES string of the molecule is Cc1nc(-c2ccccc2)n(Cc2ccncc2)c(=O)c1CCO. The molecular formula is C19H19N3O2. The van der Waals surface area contributed by atoms with E-state index in [1.54, 1.807) is 17.0 Å². The van der Waals surface area contributed by atoms with Gasteiger partial charge in [-0.25, -0.2) is 4.98 Å². The van der Waals surface area contributed by atoms with Crippen molar-refractivity contribution in [3.63, 3.8) is 0 Å². The maximum absolute atomic E-state index is 13.0. The number of aromatic nitrogens is 3. The number of aliphatic hydroxyl groups excluding tert-OH is 1. The lowest BCUT2D eigenvalue weighted by Gasteiger charge is -2.16. The van der Waals surface area contributed by atoms with Crippen molar-refractivity contribution in [3.8, 4) is 11.4 Å². The summed E-state index contributed by atoms with van der Waals surface area (Å²) in [5, 5.41) is 9.25. The summed E-state index contributed by atoms with van der Waals surface area (Å²) in [6, 6.07) is 13.4. The number of aryl methyl sites for hydroxylation is 1. The van der Waals surface area contributed by atoms with Gasteiger partial charge in [-0.15, -0.1) is 0 Å². The van der Waals surface area contributed by atoms with Crippen molar-refractivity contribution in [2.75, 3.05) is 6.61 Å². The van der Waals surface area contributed by atoms with Crippen LogP contribution in [0.1, 0.15) is 16.8 Å². The molecule has 0 amide bonds. The lowest BCUT2D eigenvalue weighted by molar-refractivity contribution is 0.298. The van der Waals surface area contributed by atoms with Gasteiger partial charge in [-0.2, -0.15) is 0 Å². The number of aliphatic hydroxyl groups is 1.